The van der Waals surface area contributed by atoms with E-state index < -0.39 is 0 Å². The third-order valence-electron chi connectivity index (χ3n) is 5.13. The summed E-state index contributed by atoms with van der Waals surface area (Å²) in [6.45, 7) is 0. The van der Waals surface area contributed by atoms with Crippen LogP contribution < -0.4 is 0 Å². The number of hydrogen-bond donors (Lipinski definition) is 0. The molecule has 108 valence electrons. The molecule has 0 saturated carbocycles. The number of carbonyl (C=O) groups excluding carboxylic acids is 1. The first kappa shape index (κ1) is 14.4. The van der Waals surface area contributed by atoms with Gasteiger partial charge in [0, 0.05) is 23.5 Å². The summed E-state index contributed by atoms with van der Waals surface area (Å²) in [5.74, 6) is 0.744. The predicted octanol–water partition coefficient (Wildman–Crippen LogP) is 4.06. The van der Waals surface area contributed by atoms with Gasteiger partial charge in [-0.15, -0.1) is 0 Å². The monoisotopic (exact) mass is 311 g/mol. The number of fused-ring (bicyclic) bond motifs is 2. The molecule has 2 heterocycles. The largest absolute Gasteiger partial charge is 0.300 e. The Morgan fingerprint density at radius 3 is 2.65 bits per heavy atom. The van der Waals surface area contributed by atoms with E-state index in [9.17, 15) is 4.79 Å². The molecule has 2 bridgehead atoms. The molecule has 0 aromatic heterocycles. The Balaban J connectivity index is 1.91. The summed E-state index contributed by atoms with van der Waals surface area (Å²) in [6, 6.07) is 9.21. The fraction of sp³-hybridized carbons (Fsp3) is 0.562. The number of benzene rings is 1. The zero-order valence-electron chi connectivity index (χ0n) is 11.6. The van der Waals surface area contributed by atoms with Gasteiger partial charge >= 0.3 is 0 Å². The molecule has 0 radical (unpaired) electrons. The van der Waals surface area contributed by atoms with Crippen LogP contribution in [0.5, 0.6) is 0 Å². The smallest absolute Gasteiger partial charge is 0.221 e. The third kappa shape index (κ3) is 2.61. The highest BCUT2D eigenvalue weighted by Crippen LogP contribution is 2.47. The van der Waals surface area contributed by atoms with E-state index in [1.807, 2.05) is 12.1 Å². The lowest BCUT2D eigenvalue weighted by atomic mass is 9.75. The number of nitrogens with zero attached hydrogens (tertiary/aromatic N) is 1. The lowest BCUT2D eigenvalue weighted by Crippen LogP contribution is -2.46. The summed E-state index contributed by atoms with van der Waals surface area (Å²) in [5.41, 5.74) is 1.29. The number of carbonyl (C=O) groups is 1. The average Bonchev–Trinajstić information content (AvgIpc) is 2.65. The van der Waals surface area contributed by atoms with Gasteiger partial charge in [0.05, 0.1) is 0 Å². The van der Waals surface area contributed by atoms with Crippen molar-refractivity contribution >= 4 is 28.4 Å². The van der Waals surface area contributed by atoms with Gasteiger partial charge < -0.3 is 4.90 Å². The van der Waals surface area contributed by atoms with Gasteiger partial charge in [0.25, 0.3) is 0 Å². The first-order valence-corrected chi connectivity index (χ1v) is 7.97. The molecule has 2 saturated heterocycles. The van der Waals surface area contributed by atoms with Crippen molar-refractivity contribution in [2.45, 2.75) is 43.7 Å². The van der Waals surface area contributed by atoms with Crippen LogP contribution in [0.3, 0.4) is 0 Å². The molecule has 0 spiro atoms. The molecule has 4 heteroatoms. The minimum atomic E-state index is -0.215. The number of rotatable bonds is 3. The first-order chi connectivity index (χ1) is 9.56. The molecule has 4 atom stereocenters. The lowest BCUT2D eigenvalue weighted by molar-refractivity contribution is -0.113. The minimum absolute atomic E-state index is 0.215. The summed E-state index contributed by atoms with van der Waals surface area (Å²) in [6.07, 6.45) is 4.00. The van der Waals surface area contributed by atoms with Gasteiger partial charge in [-0.05, 0) is 67.4 Å². The van der Waals surface area contributed by atoms with E-state index in [1.165, 1.54) is 18.4 Å². The van der Waals surface area contributed by atoms with Gasteiger partial charge in [-0.1, -0.05) is 23.7 Å². The van der Waals surface area contributed by atoms with Crippen LogP contribution in [0, 0.1) is 5.92 Å². The second-order valence-corrected chi connectivity index (χ2v) is 6.94. The topological polar surface area (TPSA) is 20.3 Å². The van der Waals surface area contributed by atoms with Crippen LogP contribution in [-0.2, 0) is 4.79 Å². The normalized spacial score (nSPS) is 33.4. The van der Waals surface area contributed by atoms with E-state index in [1.54, 1.807) is 0 Å². The summed E-state index contributed by atoms with van der Waals surface area (Å²) < 4.78 is 0. The maximum absolute atomic E-state index is 11.5. The van der Waals surface area contributed by atoms with Crippen molar-refractivity contribution < 1.29 is 4.79 Å². The van der Waals surface area contributed by atoms with E-state index >= 15 is 0 Å². The molecule has 20 heavy (non-hydrogen) atoms. The van der Waals surface area contributed by atoms with Gasteiger partial charge in [0.15, 0.2) is 0 Å². The number of halogens is 2. The molecular weight excluding hydrogens is 293 g/mol. The van der Waals surface area contributed by atoms with E-state index in [0.717, 1.165) is 11.4 Å². The predicted molar refractivity (Wildman–Crippen MR) is 82.4 cm³/mol. The SMILES string of the molecule is CN1C2CCC1[C@H](CC(=O)Cl)[C@@H](c1ccc(Cl)cc1)C2. The van der Waals surface area contributed by atoms with Crippen molar-refractivity contribution in [1.29, 1.82) is 0 Å². The van der Waals surface area contributed by atoms with Crippen LogP contribution in [0.1, 0.15) is 37.2 Å². The van der Waals surface area contributed by atoms with E-state index in [4.69, 9.17) is 23.2 Å². The van der Waals surface area contributed by atoms with Crippen molar-refractivity contribution in [2.75, 3.05) is 7.05 Å². The summed E-state index contributed by atoms with van der Waals surface area (Å²) >= 11 is 11.7. The fourth-order valence-electron chi connectivity index (χ4n) is 4.13. The van der Waals surface area contributed by atoms with E-state index in [2.05, 4.69) is 24.1 Å². The molecule has 2 fully saturated rings. The first-order valence-electron chi connectivity index (χ1n) is 7.22. The molecule has 1 aromatic carbocycles. The zero-order chi connectivity index (χ0) is 14.3. The third-order valence-corrected chi connectivity index (χ3v) is 5.53. The number of piperidine rings is 1. The summed E-state index contributed by atoms with van der Waals surface area (Å²) in [7, 11) is 2.19. The van der Waals surface area contributed by atoms with Crippen LogP contribution in [0.4, 0.5) is 0 Å². The molecule has 2 unspecified atom stereocenters. The van der Waals surface area contributed by atoms with Crippen LogP contribution in [0.2, 0.25) is 5.02 Å². The molecular formula is C16H19Cl2NO. The standard InChI is InChI=1S/C16H19Cl2NO/c1-19-12-6-7-15(19)14(9-16(18)20)13(8-12)10-2-4-11(17)5-3-10/h2-5,12-15H,6-9H2,1H3/t12?,13-,14-,15?/m1/s1. The Hall–Kier alpha value is -0.570. The van der Waals surface area contributed by atoms with E-state index in [0.29, 0.717) is 30.3 Å². The van der Waals surface area contributed by atoms with Gasteiger partial charge in [0.2, 0.25) is 5.24 Å². The highest BCUT2D eigenvalue weighted by molar-refractivity contribution is 6.63. The highest BCUT2D eigenvalue weighted by atomic mass is 35.5. The van der Waals surface area contributed by atoms with Gasteiger partial charge in [0.1, 0.15) is 0 Å². The molecule has 2 aliphatic rings. The summed E-state index contributed by atoms with van der Waals surface area (Å²) in [4.78, 5) is 13.9. The van der Waals surface area contributed by atoms with Crippen molar-refractivity contribution in [1.82, 2.24) is 4.90 Å². The Morgan fingerprint density at radius 2 is 2.00 bits per heavy atom. The Bertz CT molecular complexity index is 502. The van der Waals surface area contributed by atoms with Crippen LogP contribution in [0.25, 0.3) is 0 Å². The molecule has 0 aliphatic carbocycles. The van der Waals surface area contributed by atoms with Gasteiger partial charge in [-0.3, -0.25) is 4.79 Å². The van der Waals surface area contributed by atoms with Crippen LogP contribution in [-0.4, -0.2) is 29.3 Å². The van der Waals surface area contributed by atoms with Crippen molar-refractivity contribution in [2.24, 2.45) is 5.92 Å². The second kappa shape index (κ2) is 5.67. The van der Waals surface area contributed by atoms with Crippen LogP contribution in [0.15, 0.2) is 24.3 Å². The van der Waals surface area contributed by atoms with Crippen molar-refractivity contribution in [3.05, 3.63) is 34.9 Å². The van der Waals surface area contributed by atoms with Crippen LogP contribution >= 0.6 is 23.2 Å². The fourth-order valence-corrected chi connectivity index (χ4v) is 4.44. The lowest BCUT2D eigenvalue weighted by Gasteiger charge is -2.43. The highest BCUT2D eigenvalue weighted by Gasteiger charge is 2.46. The quantitative estimate of drug-likeness (QED) is 0.785. The summed E-state index contributed by atoms with van der Waals surface area (Å²) in [5, 5.41) is 0.544. The van der Waals surface area contributed by atoms with Gasteiger partial charge in [-0.2, -0.15) is 0 Å². The maximum Gasteiger partial charge on any atom is 0.221 e. The molecule has 3 rings (SSSR count). The minimum Gasteiger partial charge on any atom is -0.300 e. The Kier molecular flexibility index (Phi) is 4.07. The van der Waals surface area contributed by atoms with Crippen molar-refractivity contribution in [3.8, 4) is 0 Å². The molecule has 2 aliphatic heterocycles. The Morgan fingerprint density at radius 1 is 1.30 bits per heavy atom. The van der Waals surface area contributed by atoms with E-state index in [-0.39, 0.29) is 5.24 Å². The molecule has 1 aromatic rings. The zero-order valence-corrected chi connectivity index (χ0v) is 13.1. The van der Waals surface area contributed by atoms with Crippen molar-refractivity contribution in [3.63, 3.8) is 0 Å². The second-order valence-electron chi connectivity index (χ2n) is 6.08. The average molecular weight is 312 g/mol. The molecule has 0 N–H and O–H groups in total. The Labute approximate surface area is 130 Å². The molecule has 0 amide bonds. The molecule has 2 nitrogen and oxygen atoms in total. The maximum atomic E-state index is 11.5. The van der Waals surface area contributed by atoms with Gasteiger partial charge in [-0.25, -0.2) is 0 Å². The number of hydrogen-bond acceptors (Lipinski definition) is 2.